The first-order valence-corrected chi connectivity index (χ1v) is 21.5. The molecule has 1 fully saturated rings. The quantitative estimate of drug-likeness (QED) is 0.0470. The zero-order valence-corrected chi connectivity index (χ0v) is 37.2. The largest absolute Gasteiger partial charge is 0.480 e. The van der Waals surface area contributed by atoms with Gasteiger partial charge in [0.25, 0.3) is 0 Å². The Morgan fingerprint density at radius 3 is 1.80 bits per heavy atom. The van der Waals surface area contributed by atoms with Crippen molar-refractivity contribution in [1.29, 1.82) is 0 Å². The van der Waals surface area contributed by atoms with Crippen LogP contribution >= 0.6 is 0 Å². The third-order valence-corrected chi connectivity index (χ3v) is 11.4. The molecule has 1 saturated heterocycles. The Bertz CT molecular complexity index is 2080. The van der Waals surface area contributed by atoms with Crippen molar-refractivity contribution in [2.24, 2.45) is 29.0 Å². The number of fused-ring (bicyclic) bond motifs is 1. The second kappa shape index (κ2) is 24.4. The number of aliphatic hydroxyl groups is 1. The summed E-state index contributed by atoms with van der Waals surface area (Å²) in [7, 11) is 0. The van der Waals surface area contributed by atoms with Gasteiger partial charge in [-0.3, -0.25) is 43.2 Å². The Labute approximate surface area is 375 Å². The minimum absolute atomic E-state index is 0.0584. The van der Waals surface area contributed by atoms with Crippen LogP contribution in [0.4, 0.5) is 0 Å². The summed E-state index contributed by atoms with van der Waals surface area (Å²) in [6, 6.07) is -3.99. The standard InChI is InChI=1S/C42H63N11O12/c1-6-20(3)33(51-35(57)22(5)43)40(62)49-27(16-31(44)55)37(59)47-28(17-32(45)56)38(60)52-34(21(4)7-2)41(63)53-14-10-13-30(53)39(61)48-26(36(58)50-29(19-54)42(64)65)15-23-18-46-25-12-9-8-11-24(23)25/h8-9,11-12,18,20-22,26-30,33-34,46,54H,6-7,10,13-17,19,43H2,1-5H3,(H2,44,55)(H2,45,56)(H,47,59)(H,48,61)(H,49,62)(H,50,58)(H,51,57)(H,52,60)(H,64,65)/t20-,21-,22-,26-,27-,28-,29-,30-,33-,34-/m0/s1. The summed E-state index contributed by atoms with van der Waals surface area (Å²) in [4.78, 5) is 136. The number of para-hydroxylation sites is 1. The molecule has 23 nitrogen and oxygen atoms in total. The van der Waals surface area contributed by atoms with E-state index in [0.717, 1.165) is 10.9 Å². The molecule has 0 saturated carbocycles. The number of nitrogens with zero attached hydrogens (tertiary/aromatic N) is 1. The van der Waals surface area contributed by atoms with Crippen LogP contribution < -0.4 is 49.1 Å². The van der Waals surface area contributed by atoms with Gasteiger partial charge in [-0.2, -0.15) is 0 Å². The van der Waals surface area contributed by atoms with Crippen LogP contribution in [0.1, 0.15) is 78.7 Å². The number of aliphatic hydroxyl groups excluding tert-OH is 1. The van der Waals surface area contributed by atoms with Gasteiger partial charge in [0.05, 0.1) is 25.5 Å². The van der Waals surface area contributed by atoms with Crippen LogP contribution in [0.2, 0.25) is 0 Å². The number of aromatic nitrogens is 1. The highest BCUT2D eigenvalue weighted by Crippen LogP contribution is 2.23. The van der Waals surface area contributed by atoms with Gasteiger partial charge in [0.15, 0.2) is 0 Å². The first-order chi connectivity index (χ1) is 30.6. The molecule has 3 rings (SSSR count). The van der Waals surface area contributed by atoms with Crippen molar-refractivity contribution < 1.29 is 58.2 Å². The molecule has 1 aromatic carbocycles. The van der Waals surface area contributed by atoms with Gasteiger partial charge in [0, 0.05) is 30.1 Å². The summed E-state index contributed by atoms with van der Waals surface area (Å²) in [6.45, 7) is 7.34. The van der Waals surface area contributed by atoms with Gasteiger partial charge in [0.2, 0.25) is 53.2 Å². The lowest BCUT2D eigenvalue weighted by Gasteiger charge is -2.33. The van der Waals surface area contributed by atoms with E-state index in [4.69, 9.17) is 17.2 Å². The van der Waals surface area contributed by atoms with Gasteiger partial charge in [-0.25, -0.2) is 4.79 Å². The van der Waals surface area contributed by atoms with Crippen molar-refractivity contribution in [3.63, 3.8) is 0 Å². The number of nitrogens with two attached hydrogens (primary N) is 3. The van der Waals surface area contributed by atoms with Crippen molar-refractivity contribution in [1.82, 2.24) is 41.8 Å². The van der Waals surface area contributed by atoms with Crippen LogP contribution in [0, 0.1) is 11.8 Å². The van der Waals surface area contributed by atoms with Crippen LogP contribution in [0.5, 0.6) is 0 Å². The molecule has 0 spiro atoms. The van der Waals surface area contributed by atoms with E-state index in [2.05, 4.69) is 36.9 Å². The molecule has 0 aliphatic carbocycles. The maximum absolute atomic E-state index is 14.4. The molecule has 0 bridgehead atoms. The van der Waals surface area contributed by atoms with E-state index < -0.39 is 139 Å². The Morgan fingerprint density at radius 1 is 0.723 bits per heavy atom. The van der Waals surface area contributed by atoms with Crippen molar-refractivity contribution >= 4 is 70.0 Å². The third-order valence-electron chi connectivity index (χ3n) is 11.4. The average Bonchev–Trinajstić information content (AvgIpc) is 3.92. The van der Waals surface area contributed by atoms with E-state index in [1.807, 2.05) is 0 Å². The molecule has 0 unspecified atom stereocenters. The third kappa shape index (κ3) is 14.7. The summed E-state index contributed by atoms with van der Waals surface area (Å²) in [5.41, 5.74) is 17.9. The predicted molar refractivity (Wildman–Crippen MR) is 233 cm³/mol. The number of carboxylic acid groups (broad SMARTS) is 1. The van der Waals surface area contributed by atoms with Gasteiger partial charge in [0.1, 0.15) is 42.3 Å². The Hall–Kier alpha value is -6.62. The van der Waals surface area contributed by atoms with Crippen LogP contribution in [0.3, 0.4) is 0 Å². The van der Waals surface area contributed by atoms with Crippen LogP contribution in [0.25, 0.3) is 10.9 Å². The number of carbonyl (C=O) groups is 10. The van der Waals surface area contributed by atoms with Crippen LogP contribution in [0.15, 0.2) is 30.5 Å². The van der Waals surface area contributed by atoms with Crippen LogP contribution in [-0.2, 0) is 54.4 Å². The predicted octanol–water partition coefficient (Wildman–Crippen LogP) is -3.12. The highest BCUT2D eigenvalue weighted by molar-refractivity contribution is 6.00. The number of amides is 9. The second-order valence-electron chi connectivity index (χ2n) is 16.4. The lowest BCUT2D eigenvalue weighted by atomic mass is 9.96. The highest BCUT2D eigenvalue weighted by Gasteiger charge is 2.42. The number of hydrogen-bond acceptors (Lipinski definition) is 12. The van der Waals surface area contributed by atoms with Gasteiger partial charge >= 0.3 is 5.97 Å². The number of likely N-dealkylation sites (tertiary alicyclic amines) is 1. The molecule has 2 heterocycles. The molecule has 0 radical (unpaired) electrons. The Balaban J connectivity index is 1.87. The minimum Gasteiger partial charge on any atom is -0.480 e. The zero-order chi connectivity index (χ0) is 48.7. The lowest BCUT2D eigenvalue weighted by Crippen LogP contribution is -2.62. The van der Waals surface area contributed by atoms with E-state index in [9.17, 15) is 58.2 Å². The summed E-state index contributed by atoms with van der Waals surface area (Å²) in [5.74, 6) is -10.7. The van der Waals surface area contributed by atoms with E-state index in [-0.39, 0.29) is 19.4 Å². The molecule has 23 heteroatoms. The number of nitrogens with one attached hydrogen (secondary N) is 7. The SMILES string of the molecule is CC[C@H](C)[C@H](NC(=O)[C@H](C)N)C(=O)N[C@@H](CC(N)=O)C(=O)N[C@@H](CC(N)=O)C(=O)N[C@H](C(=O)N1CCC[C@H]1C(=O)N[C@@H](Cc1c[nH]c2ccccc12)C(=O)N[C@@H](CO)C(=O)O)[C@@H](C)CC. The average molecular weight is 914 g/mol. The molecular formula is C42H63N11O12. The number of aliphatic carboxylic acids is 1. The number of primary amides is 2. The maximum atomic E-state index is 14.4. The number of rotatable bonds is 25. The monoisotopic (exact) mass is 913 g/mol. The zero-order valence-electron chi connectivity index (χ0n) is 37.2. The van der Waals surface area contributed by atoms with E-state index in [1.54, 1.807) is 58.2 Å². The van der Waals surface area contributed by atoms with E-state index in [1.165, 1.54) is 11.8 Å². The molecule has 2 aromatic rings. The fourth-order valence-electron chi connectivity index (χ4n) is 7.22. The van der Waals surface area contributed by atoms with E-state index in [0.29, 0.717) is 24.8 Å². The maximum Gasteiger partial charge on any atom is 0.328 e. The van der Waals surface area contributed by atoms with Crippen molar-refractivity contribution in [3.05, 3.63) is 36.0 Å². The molecule has 15 N–H and O–H groups in total. The minimum atomic E-state index is -1.75. The molecular weight excluding hydrogens is 851 g/mol. The first kappa shape index (κ1) is 52.7. The highest BCUT2D eigenvalue weighted by atomic mass is 16.4. The summed E-state index contributed by atoms with van der Waals surface area (Å²) in [6.07, 6.45) is 1.21. The molecule has 9 amide bonds. The Morgan fingerprint density at radius 2 is 1.25 bits per heavy atom. The number of hydrogen-bond donors (Lipinski definition) is 12. The fourth-order valence-corrected chi connectivity index (χ4v) is 7.22. The normalized spacial score (nSPS) is 17.7. The number of carbonyl (C=O) groups excluding carboxylic acids is 9. The van der Waals surface area contributed by atoms with Crippen molar-refractivity contribution in [3.8, 4) is 0 Å². The number of benzene rings is 1. The number of carboxylic acids is 1. The van der Waals surface area contributed by atoms with Crippen molar-refractivity contribution in [2.45, 2.75) is 128 Å². The van der Waals surface area contributed by atoms with E-state index >= 15 is 0 Å². The summed E-state index contributed by atoms with van der Waals surface area (Å²) in [5, 5.41) is 34.5. The van der Waals surface area contributed by atoms with Gasteiger partial charge in [-0.15, -0.1) is 0 Å². The molecule has 1 aromatic heterocycles. The number of aromatic amines is 1. The van der Waals surface area contributed by atoms with Gasteiger partial charge < -0.3 is 69.2 Å². The topological polar surface area (TPSA) is 380 Å². The Kier molecular flexibility index (Phi) is 19.8. The first-order valence-electron chi connectivity index (χ1n) is 21.5. The second-order valence-corrected chi connectivity index (χ2v) is 16.4. The molecule has 1 aliphatic heterocycles. The molecule has 10 atom stereocenters. The molecule has 65 heavy (non-hydrogen) atoms. The molecule has 1 aliphatic rings. The summed E-state index contributed by atoms with van der Waals surface area (Å²) < 4.78 is 0. The number of H-pyrrole nitrogens is 1. The van der Waals surface area contributed by atoms with Crippen LogP contribution in [-0.4, -0.2) is 141 Å². The molecule has 358 valence electrons. The van der Waals surface area contributed by atoms with Crippen molar-refractivity contribution in [2.75, 3.05) is 13.2 Å². The fraction of sp³-hybridized carbons (Fsp3) is 0.571. The van der Waals surface area contributed by atoms with Gasteiger partial charge in [-0.1, -0.05) is 58.7 Å². The summed E-state index contributed by atoms with van der Waals surface area (Å²) >= 11 is 0. The van der Waals surface area contributed by atoms with Gasteiger partial charge in [-0.05, 0) is 43.2 Å². The lowest BCUT2D eigenvalue weighted by molar-refractivity contribution is -0.145. The smallest absolute Gasteiger partial charge is 0.328 e.